The minimum absolute atomic E-state index is 0.625. The Bertz CT molecular complexity index is 670. The Balaban J connectivity index is 1.61. The van der Waals surface area contributed by atoms with E-state index in [0.29, 0.717) is 10.0 Å². The van der Waals surface area contributed by atoms with Gasteiger partial charge in [0.15, 0.2) is 0 Å². The molecule has 0 saturated carbocycles. The van der Waals surface area contributed by atoms with Crippen molar-refractivity contribution in [2.45, 2.75) is 6.92 Å². The zero-order chi connectivity index (χ0) is 16.2. The van der Waals surface area contributed by atoms with Crippen molar-refractivity contribution in [1.82, 2.24) is 5.01 Å². The zero-order valence-corrected chi connectivity index (χ0v) is 14.6. The van der Waals surface area contributed by atoms with Crippen molar-refractivity contribution in [3.8, 4) is 0 Å². The molecule has 0 aromatic heterocycles. The predicted molar refractivity (Wildman–Crippen MR) is 99.0 cm³/mol. The number of benzene rings is 2. The molecule has 0 bridgehead atoms. The Kier molecular flexibility index (Phi) is 5.09. The van der Waals surface area contributed by atoms with Crippen molar-refractivity contribution >= 4 is 35.1 Å². The molecule has 1 aliphatic rings. The highest BCUT2D eigenvalue weighted by Gasteiger charge is 2.15. The van der Waals surface area contributed by atoms with Crippen molar-refractivity contribution in [2.75, 3.05) is 31.1 Å². The van der Waals surface area contributed by atoms with Gasteiger partial charge in [0.25, 0.3) is 0 Å². The Morgan fingerprint density at radius 3 is 2.13 bits per heavy atom. The van der Waals surface area contributed by atoms with Crippen LogP contribution in [0.4, 0.5) is 5.69 Å². The molecule has 0 spiro atoms. The normalized spacial score (nSPS) is 15.4. The summed E-state index contributed by atoms with van der Waals surface area (Å²) >= 11 is 12.3. The van der Waals surface area contributed by atoms with Crippen LogP contribution in [0.3, 0.4) is 0 Å². The average Bonchev–Trinajstić information content (AvgIpc) is 2.56. The molecule has 2 aromatic rings. The number of rotatable bonds is 3. The van der Waals surface area contributed by atoms with Crippen LogP contribution in [0, 0.1) is 6.92 Å². The number of aryl methyl sites for hydroxylation is 1. The van der Waals surface area contributed by atoms with Gasteiger partial charge in [-0.05, 0) is 31.2 Å². The van der Waals surface area contributed by atoms with Gasteiger partial charge in [0.05, 0.1) is 29.3 Å². The van der Waals surface area contributed by atoms with E-state index in [2.05, 4.69) is 46.2 Å². The Hall–Kier alpha value is -1.71. The Labute approximate surface area is 147 Å². The molecule has 1 aliphatic heterocycles. The standard InChI is InChI=1S/C18H19Cl2N3/c1-14-5-7-15(8-6-14)22-9-11-23(12-10-22)21-13-16-17(19)3-2-4-18(16)20/h2-8,13H,9-12H2,1H3. The van der Waals surface area contributed by atoms with E-state index in [1.807, 2.05) is 18.2 Å². The van der Waals surface area contributed by atoms with E-state index in [4.69, 9.17) is 23.2 Å². The molecule has 120 valence electrons. The van der Waals surface area contributed by atoms with Crippen LogP contribution >= 0.6 is 23.2 Å². The van der Waals surface area contributed by atoms with Crippen LogP contribution in [0.2, 0.25) is 10.0 Å². The molecule has 0 amide bonds. The lowest BCUT2D eigenvalue weighted by Gasteiger charge is -2.34. The van der Waals surface area contributed by atoms with Crippen LogP contribution in [0.1, 0.15) is 11.1 Å². The highest BCUT2D eigenvalue weighted by molar-refractivity contribution is 6.38. The largest absolute Gasteiger partial charge is 0.368 e. The molecule has 0 aliphatic carbocycles. The molecule has 0 N–H and O–H groups in total. The summed E-state index contributed by atoms with van der Waals surface area (Å²) in [7, 11) is 0. The lowest BCUT2D eigenvalue weighted by molar-refractivity contribution is 0.272. The number of hydrogen-bond acceptors (Lipinski definition) is 3. The second-order valence-electron chi connectivity index (χ2n) is 5.66. The maximum absolute atomic E-state index is 6.16. The van der Waals surface area contributed by atoms with Gasteiger partial charge < -0.3 is 4.90 Å². The summed E-state index contributed by atoms with van der Waals surface area (Å²) in [5.74, 6) is 0. The van der Waals surface area contributed by atoms with Crippen LogP contribution in [0.5, 0.6) is 0 Å². The third-order valence-corrected chi connectivity index (χ3v) is 4.66. The molecule has 3 nitrogen and oxygen atoms in total. The van der Waals surface area contributed by atoms with Crippen LogP contribution in [0.15, 0.2) is 47.6 Å². The van der Waals surface area contributed by atoms with Crippen LogP contribution in [0.25, 0.3) is 0 Å². The van der Waals surface area contributed by atoms with Gasteiger partial charge in [0.2, 0.25) is 0 Å². The van der Waals surface area contributed by atoms with E-state index in [-0.39, 0.29) is 0 Å². The molecule has 2 aromatic carbocycles. The van der Waals surface area contributed by atoms with Gasteiger partial charge in [-0.3, -0.25) is 5.01 Å². The van der Waals surface area contributed by atoms with Crippen LogP contribution in [-0.4, -0.2) is 37.4 Å². The predicted octanol–water partition coefficient (Wildman–Crippen LogP) is 4.46. The van der Waals surface area contributed by atoms with Gasteiger partial charge in [0, 0.05) is 24.3 Å². The average molecular weight is 348 g/mol. The maximum Gasteiger partial charge on any atom is 0.0572 e. The van der Waals surface area contributed by atoms with Crippen molar-refractivity contribution in [1.29, 1.82) is 0 Å². The number of hydrogen-bond donors (Lipinski definition) is 0. The van der Waals surface area contributed by atoms with E-state index < -0.39 is 0 Å². The molecule has 1 heterocycles. The van der Waals surface area contributed by atoms with Crippen molar-refractivity contribution in [2.24, 2.45) is 5.10 Å². The number of halogens is 2. The number of anilines is 1. The molecule has 3 rings (SSSR count). The van der Waals surface area contributed by atoms with Gasteiger partial charge in [-0.1, -0.05) is 47.0 Å². The van der Waals surface area contributed by atoms with E-state index in [0.717, 1.165) is 31.7 Å². The molecule has 1 saturated heterocycles. The molecule has 0 unspecified atom stereocenters. The molecule has 0 atom stereocenters. The number of nitrogens with zero attached hydrogens (tertiary/aromatic N) is 3. The van der Waals surface area contributed by atoms with E-state index in [1.165, 1.54) is 11.3 Å². The summed E-state index contributed by atoms with van der Waals surface area (Å²) in [6.45, 7) is 5.78. The van der Waals surface area contributed by atoms with Gasteiger partial charge in [0.1, 0.15) is 0 Å². The smallest absolute Gasteiger partial charge is 0.0572 e. The van der Waals surface area contributed by atoms with E-state index in [1.54, 1.807) is 6.21 Å². The maximum atomic E-state index is 6.16. The molecule has 5 heteroatoms. The van der Waals surface area contributed by atoms with Crippen LogP contribution < -0.4 is 4.90 Å². The van der Waals surface area contributed by atoms with Gasteiger partial charge in [-0.15, -0.1) is 0 Å². The Morgan fingerprint density at radius 1 is 0.913 bits per heavy atom. The minimum atomic E-state index is 0.625. The molecule has 23 heavy (non-hydrogen) atoms. The lowest BCUT2D eigenvalue weighted by atomic mass is 10.2. The molecular weight excluding hydrogens is 329 g/mol. The second-order valence-corrected chi connectivity index (χ2v) is 6.47. The first-order valence-corrected chi connectivity index (χ1v) is 8.43. The second kappa shape index (κ2) is 7.24. The summed E-state index contributed by atoms with van der Waals surface area (Å²) in [4.78, 5) is 2.38. The number of hydrazone groups is 1. The third-order valence-electron chi connectivity index (χ3n) is 4.01. The highest BCUT2D eigenvalue weighted by atomic mass is 35.5. The topological polar surface area (TPSA) is 18.8 Å². The van der Waals surface area contributed by atoms with Crippen molar-refractivity contribution in [3.63, 3.8) is 0 Å². The SMILES string of the molecule is Cc1ccc(N2CCN(N=Cc3c(Cl)cccc3Cl)CC2)cc1. The zero-order valence-electron chi connectivity index (χ0n) is 13.0. The molecule has 1 fully saturated rings. The molecular formula is C18H19Cl2N3. The summed E-state index contributed by atoms with van der Waals surface area (Å²) in [5.41, 5.74) is 3.33. The first-order valence-electron chi connectivity index (χ1n) is 7.68. The quantitative estimate of drug-likeness (QED) is 0.763. The van der Waals surface area contributed by atoms with E-state index >= 15 is 0 Å². The highest BCUT2D eigenvalue weighted by Crippen LogP contribution is 2.22. The van der Waals surface area contributed by atoms with Crippen molar-refractivity contribution in [3.05, 3.63) is 63.6 Å². The Morgan fingerprint density at radius 2 is 1.52 bits per heavy atom. The number of piperazine rings is 1. The summed E-state index contributed by atoms with van der Waals surface area (Å²) < 4.78 is 0. The fourth-order valence-electron chi connectivity index (χ4n) is 2.60. The minimum Gasteiger partial charge on any atom is -0.368 e. The van der Waals surface area contributed by atoms with Gasteiger partial charge >= 0.3 is 0 Å². The summed E-state index contributed by atoms with van der Waals surface area (Å²) in [5, 5.41) is 7.84. The fraction of sp³-hybridized carbons (Fsp3) is 0.278. The van der Waals surface area contributed by atoms with Crippen LogP contribution in [-0.2, 0) is 0 Å². The lowest BCUT2D eigenvalue weighted by Crippen LogP contribution is -2.44. The third kappa shape index (κ3) is 3.98. The van der Waals surface area contributed by atoms with Crippen molar-refractivity contribution < 1.29 is 0 Å². The monoisotopic (exact) mass is 347 g/mol. The van der Waals surface area contributed by atoms with E-state index in [9.17, 15) is 0 Å². The molecule has 0 radical (unpaired) electrons. The first-order chi connectivity index (χ1) is 11.1. The first kappa shape index (κ1) is 16.2. The van der Waals surface area contributed by atoms with Gasteiger partial charge in [-0.2, -0.15) is 5.10 Å². The fourth-order valence-corrected chi connectivity index (χ4v) is 3.09. The van der Waals surface area contributed by atoms with Gasteiger partial charge in [-0.25, -0.2) is 0 Å². The summed E-state index contributed by atoms with van der Waals surface area (Å²) in [6, 6.07) is 14.1. The summed E-state index contributed by atoms with van der Waals surface area (Å²) in [6.07, 6.45) is 1.76.